The second kappa shape index (κ2) is 5.76. The van der Waals surface area contributed by atoms with Crippen LogP contribution in [0.2, 0.25) is 0 Å². The van der Waals surface area contributed by atoms with E-state index in [1.54, 1.807) is 0 Å². The van der Waals surface area contributed by atoms with Crippen LogP contribution in [-0.4, -0.2) is 0 Å². The van der Waals surface area contributed by atoms with Crippen molar-refractivity contribution in [1.29, 1.82) is 0 Å². The topological polar surface area (TPSA) is 0 Å². The fourth-order valence-electron chi connectivity index (χ4n) is 1.42. The Labute approximate surface area is 66.0 Å². The van der Waals surface area contributed by atoms with E-state index >= 15 is 0 Å². The highest BCUT2D eigenvalue weighted by Gasteiger charge is 2.04. The summed E-state index contributed by atoms with van der Waals surface area (Å²) >= 11 is 0. The van der Waals surface area contributed by atoms with Gasteiger partial charge >= 0.3 is 0 Å². The molecule has 0 nitrogen and oxygen atoms in total. The number of hydrogen-bond acceptors (Lipinski definition) is 0. The van der Waals surface area contributed by atoms with Crippen LogP contribution in [0.4, 0.5) is 0 Å². The van der Waals surface area contributed by atoms with Gasteiger partial charge in [0.25, 0.3) is 0 Å². The highest BCUT2D eigenvalue weighted by molar-refractivity contribution is 4.59. The Morgan fingerprint density at radius 2 is 1.80 bits per heavy atom. The van der Waals surface area contributed by atoms with E-state index in [-0.39, 0.29) is 0 Å². The van der Waals surface area contributed by atoms with Crippen LogP contribution >= 0.6 is 0 Å². The molecule has 2 atom stereocenters. The van der Waals surface area contributed by atoms with Crippen molar-refractivity contribution >= 4 is 0 Å². The summed E-state index contributed by atoms with van der Waals surface area (Å²) in [5, 5.41) is 0. The van der Waals surface area contributed by atoms with Gasteiger partial charge < -0.3 is 0 Å². The fraction of sp³-hybridized carbons (Fsp3) is 0.900. The Kier molecular flexibility index (Phi) is 5.76. The van der Waals surface area contributed by atoms with Crippen molar-refractivity contribution in [2.24, 2.45) is 11.8 Å². The molecule has 1 radical (unpaired) electrons. The summed E-state index contributed by atoms with van der Waals surface area (Å²) in [6, 6.07) is 0. The van der Waals surface area contributed by atoms with Gasteiger partial charge in [0, 0.05) is 0 Å². The van der Waals surface area contributed by atoms with Gasteiger partial charge in [-0.15, -0.1) is 0 Å². The zero-order valence-corrected chi connectivity index (χ0v) is 7.69. The van der Waals surface area contributed by atoms with Crippen LogP contribution in [0.15, 0.2) is 0 Å². The highest BCUT2D eigenvalue weighted by atomic mass is 14.1. The van der Waals surface area contributed by atoms with Crippen molar-refractivity contribution in [3.63, 3.8) is 0 Å². The van der Waals surface area contributed by atoms with Crippen LogP contribution in [0, 0.1) is 18.8 Å². The smallest absolute Gasteiger partial charge is 0.0440 e. The number of hydrogen-bond donors (Lipinski definition) is 0. The second-order valence-electron chi connectivity index (χ2n) is 3.52. The lowest BCUT2D eigenvalue weighted by atomic mass is 9.92. The first-order valence-electron chi connectivity index (χ1n) is 4.49. The normalized spacial score (nSPS) is 16.8. The van der Waals surface area contributed by atoms with Crippen LogP contribution < -0.4 is 0 Å². The average Bonchev–Trinajstić information content (AvgIpc) is 1.88. The molecule has 10 heavy (non-hydrogen) atoms. The van der Waals surface area contributed by atoms with Gasteiger partial charge in [0.05, 0.1) is 0 Å². The van der Waals surface area contributed by atoms with Gasteiger partial charge in [-0.25, -0.2) is 0 Å². The Hall–Kier alpha value is 0. The Morgan fingerprint density at radius 3 is 2.20 bits per heavy atom. The zero-order valence-electron chi connectivity index (χ0n) is 7.69. The van der Waals surface area contributed by atoms with Gasteiger partial charge in [-0.1, -0.05) is 47.0 Å². The third kappa shape index (κ3) is 4.84. The van der Waals surface area contributed by atoms with Crippen molar-refractivity contribution in [3.05, 3.63) is 6.92 Å². The Balaban J connectivity index is 3.27. The van der Waals surface area contributed by atoms with E-state index in [9.17, 15) is 0 Å². The molecule has 0 aliphatic heterocycles. The summed E-state index contributed by atoms with van der Waals surface area (Å²) in [4.78, 5) is 0. The molecular formula is C10H21. The first-order chi connectivity index (χ1) is 4.70. The van der Waals surface area contributed by atoms with Gasteiger partial charge in [0.2, 0.25) is 0 Å². The molecule has 0 spiro atoms. The minimum atomic E-state index is 0.821. The molecule has 2 unspecified atom stereocenters. The van der Waals surface area contributed by atoms with Gasteiger partial charge in [-0.3, -0.25) is 0 Å². The van der Waals surface area contributed by atoms with Crippen molar-refractivity contribution in [3.8, 4) is 0 Å². The monoisotopic (exact) mass is 141 g/mol. The molecule has 0 saturated carbocycles. The van der Waals surface area contributed by atoms with Crippen LogP contribution in [-0.2, 0) is 0 Å². The summed E-state index contributed by atoms with van der Waals surface area (Å²) in [6.45, 7) is 10.8. The van der Waals surface area contributed by atoms with Crippen LogP contribution in [0.25, 0.3) is 0 Å². The van der Waals surface area contributed by atoms with Crippen molar-refractivity contribution in [2.45, 2.75) is 46.5 Å². The molecule has 0 heterocycles. The maximum atomic E-state index is 3.90. The first-order valence-corrected chi connectivity index (χ1v) is 4.49. The van der Waals surface area contributed by atoms with E-state index in [0.29, 0.717) is 0 Å². The van der Waals surface area contributed by atoms with Crippen LogP contribution in [0.5, 0.6) is 0 Å². The standard InChI is InChI=1S/C10H21/c1-5-7-10(4)8-9(3)6-2/h9-10H,2,5-8H2,1,3-4H3. The first kappa shape index (κ1) is 10.0. The summed E-state index contributed by atoms with van der Waals surface area (Å²) in [6.07, 6.45) is 5.15. The lowest BCUT2D eigenvalue weighted by Gasteiger charge is -2.14. The molecule has 0 N–H and O–H groups in total. The number of rotatable bonds is 5. The maximum absolute atomic E-state index is 3.90. The molecule has 0 saturated heterocycles. The Morgan fingerprint density at radius 1 is 1.20 bits per heavy atom. The van der Waals surface area contributed by atoms with E-state index in [2.05, 4.69) is 27.7 Å². The molecule has 0 bridgehead atoms. The minimum absolute atomic E-state index is 0.821. The molecule has 0 rings (SSSR count). The van der Waals surface area contributed by atoms with E-state index in [1.807, 2.05) is 0 Å². The van der Waals surface area contributed by atoms with Crippen LogP contribution in [0.1, 0.15) is 46.5 Å². The summed E-state index contributed by atoms with van der Waals surface area (Å²) in [5.41, 5.74) is 0. The fourth-order valence-corrected chi connectivity index (χ4v) is 1.42. The highest BCUT2D eigenvalue weighted by Crippen LogP contribution is 2.18. The molecule has 0 aromatic rings. The van der Waals surface area contributed by atoms with Gasteiger partial charge in [0.1, 0.15) is 0 Å². The zero-order chi connectivity index (χ0) is 7.98. The molecule has 0 aromatic carbocycles. The quantitative estimate of drug-likeness (QED) is 0.548. The van der Waals surface area contributed by atoms with E-state index in [4.69, 9.17) is 0 Å². The molecule has 0 fully saturated rings. The molecule has 0 aliphatic rings. The lowest BCUT2D eigenvalue weighted by Crippen LogP contribution is -2.01. The summed E-state index contributed by atoms with van der Waals surface area (Å²) in [7, 11) is 0. The predicted octanol–water partition coefficient (Wildman–Crippen LogP) is 3.67. The molecule has 0 amide bonds. The van der Waals surface area contributed by atoms with E-state index in [1.165, 1.54) is 19.3 Å². The molecule has 0 heteroatoms. The SMILES string of the molecule is [CH2]CC(C)CC(C)CCC. The molecule has 0 aliphatic carbocycles. The lowest BCUT2D eigenvalue weighted by molar-refractivity contribution is 0.393. The Bertz CT molecular complexity index is 66.4. The van der Waals surface area contributed by atoms with Crippen molar-refractivity contribution < 1.29 is 0 Å². The molecular weight excluding hydrogens is 120 g/mol. The third-order valence-corrected chi connectivity index (χ3v) is 2.08. The van der Waals surface area contributed by atoms with Crippen molar-refractivity contribution in [2.75, 3.05) is 0 Å². The van der Waals surface area contributed by atoms with E-state index in [0.717, 1.165) is 18.3 Å². The molecule has 0 aromatic heterocycles. The summed E-state index contributed by atoms with van der Waals surface area (Å²) < 4.78 is 0. The van der Waals surface area contributed by atoms with Crippen LogP contribution in [0.3, 0.4) is 0 Å². The minimum Gasteiger partial charge on any atom is -0.0654 e. The average molecular weight is 141 g/mol. The van der Waals surface area contributed by atoms with Gasteiger partial charge in [-0.05, 0) is 18.3 Å². The third-order valence-electron chi connectivity index (χ3n) is 2.08. The largest absolute Gasteiger partial charge is 0.0654 e. The molecule has 61 valence electrons. The van der Waals surface area contributed by atoms with E-state index < -0.39 is 0 Å². The maximum Gasteiger partial charge on any atom is -0.0440 e. The summed E-state index contributed by atoms with van der Waals surface area (Å²) in [5.74, 6) is 1.73. The van der Waals surface area contributed by atoms with Crippen molar-refractivity contribution in [1.82, 2.24) is 0 Å². The van der Waals surface area contributed by atoms with Gasteiger partial charge in [0.15, 0.2) is 0 Å². The van der Waals surface area contributed by atoms with Gasteiger partial charge in [-0.2, -0.15) is 0 Å². The predicted molar refractivity (Wildman–Crippen MR) is 47.8 cm³/mol. The second-order valence-corrected chi connectivity index (χ2v) is 3.52.